The average molecular weight is 146 g/mol. The first kappa shape index (κ1) is 8.18. The Morgan fingerprint density at radius 1 is 1.36 bits per heavy atom. The molecule has 0 aliphatic heterocycles. The normalized spacial score (nSPS) is 12.5. The van der Waals surface area contributed by atoms with Crippen molar-refractivity contribution < 1.29 is 4.74 Å². The maximum absolute atomic E-state index is 5.52. The lowest BCUT2D eigenvalue weighted by atomic mass is 9.91. The van der Waals surface area contributed by atoms with Gasteiger partial charge in [0.15, 0.2) is 0 Å². The van der Waals surface area contributed by atoms with Gasteiger partial charge in [0, 0.05) is 0 Å². The highest BCUT2D eigenvalue weighted by molar-refractivity contribution is 6.11. The van der Waals surface area contributed by atoms with Crippen molar-refractivity contribution in [3.05, 3.63) is 30.3 Å². The average Bonchev–Trinajstić information content (AvgIpc) is 2.03. The molecule has 0 spiro atoms. The first-order chi connectivity index (χ1) is 5.29. The van der Waals surface area contributed by atoms with Gasteiger partial charge in [0.1, 0.15) is 5.75 Å². The van der Waals surface area contributed by atoms with Gasteiger partial charge in [0.2, 0.25) is 0 Å². The molecule has 2 heteroatoms. The van der Waals surface area contributed by atoms with E-state index in [2.05, 4.69) is 0 Å². The van der Waals surface area contributed by atoms with Crippen LogP contribution in [-0.2, 0) is 0 Å². The topological polar surface area (TPSA) is 9.23 Å². The molecular formula is C9H11BO. The first-order valence-corrected chi connectivity index (χ1v) is 3.72. The molecular weight excluding hydrogens is 135 g/mol. The summed E-state index contributed by atoms with van der Waals surface area (Å²) in [5.74, 6) is 0.972. The summed E-state index contributed by atoms with van der Waals surface area (Å²) in [5, 5.41) is 0. The van der Waals surface area contributed by atoms with E-state index in [1.54, 1.807) is 0 Å². The lowest BCUT2D eigenvalue weighted by Crippen LogP contribution is -2.02. The van der Waals surface area contributed by atoms with E-state index in [0.717, 1.165) is 5.75 Å². The van der Waals surface area contributed by atoms with Gasteiger partial charge in [-0.05, 0) is 17.9 Å². The van der Waals surface area contributed by atoms with E-state index in [4.69, 9.17) is 12.6 Å². The summed E-state index contributed by atoms with van der Waals surface area (Å²) in [6.07, 6.45) is 0. The maximum atomic E-state index is 5.52. The second-order valence-corrected chi connectivity index (χ2v) is 2.60. The Hall–Kier alpha value is -0.915. The molecule has 0 amide bonds. The van der Waals surface area contributed by atoms with Gasteiger partial charge >= 0.3 is 0 Å². The SMILES string of the molecule is [B]C(C)COc1ccccc1. The quantitative estimate of drug-likeness (QED) is 0.593. The number of benzene rings is 1. The van der Waals surface area contributed by atoms with Crippen LogP contribution in [0, 0.1) is 0 Å². The molecule has 0 aliphatic rings. The second kappa shape index (κ2) is 4.07. The second-order valence-electron chi connectivity index (χ2n) is 2.60. The van der Waals surface area contributed by atoms with Crippen molar-refractivity contribution in [3.63, 3.8) is 0 Å². The monoisotopic (exact) mass is 146 g/mol. The zero-order chi connectivity index (χ0) is 8.10. The molecule has 2 radical (unpaired) electrons. The molecule has 1 aromatic carbocycles. The maximum Gasteiger partial charge on any atom is 0.119 e. The molecule has 0 saturated carbocycles. The molecule has 0 heterocycles. The van der Waals surface area contributed by atoms with Crippen molar-refractivity contribution >= 4 is 7.85 Å². The Bertz CT molecular complexity index is 196. The summed E-state index contributed by atoms with van der Waals surface area (Å²) < 4.78 is 5.34. The van der Waals surface area contributed by atoms with Crippen molar-refractivity contribution in [3.8, 4) is 5.75 Å². The van der Waals surface area contributed by atoms with E-state index in [-0.39, 0.29) is 5.82 Å². The van der Waals surface area contributed by atoms with Crippen LogP contribution in [0.5, 0.6) is 5.75 Å². The highest BCUT2D eigenvalue weighted by Crippen LogP contribution is 2.09. The van der Waals surface area contributed by atoms with E-state index in [9.17, 15) is 0 Å². The molecule has 0 aliphatic carbocycles. The van der Waals surface area contributed by atoms with Crippen LogP contribution in [0.15, 0.2) is 30.3 Å². The Morgan fingerprint density at radius 2 is 2.00 bits per heavy atom. The molecule has 56 valence electrons. The highest BCUT2D eigenvalue weighted by Gasteiger charge is 1.93. The Kier molecular flexibility index (Phi) is 3.03. The van der Waals surface area contributed by atoms with Gasteiger partial charge in [0.05, 0.1) is 14.5 Å². The predicted molar refractivity (Wildman–Crippen MR) is 47.1 cm³/mol. The molecule has 1 rings (SSSR count). The number of para-hydroxylation sites is 1. The van der Waals surface area contributed by atoms with Gasteiger partial charge in [-0.1, -0.05) is 25.1 Å². The molecule has 1 nitrogen and oxygen atoms in total. The lowest BCUT2D eigenvalue weighted by Gasteiger charge is -2.07. The smallest absolute Gasteiger partial charge is 0.119 e. The minimum Gasteiger partial charge on any atom is -0.494 e. The van der Waals surface area contributed by atoms with Crippen LogP contribution in [0.25, 0.3) is 0 Å². The van der Waals surface area contributed by atoms with Gasteiger partial charge in [0.25, 0.3) is 0 Å². The molecule has 11 heavy (non-hydrogen) atoms. The Morgan fingerprint density at radius 3 is 2.55 bits per heavy atom. The molecule has 1 atom stereocenters. The zero-order valence-corrected chi connectivity index (χ0v) is 6.66. The fourth-order valence-electron chi connectivity index (χ4n) is 0.744. The zero-order valence-electron chi connectivity index (χ0n) is 6.66. The fourth-order valence-corrected chi connectivity index (χ4v) is 0.744. The standard InChI is InChI=1S/C9H11BO/c1-8(10)7-11-9-5-3-2-4-6-9/h2-6,8H,7H2,1H3. The molecule has 0 N–H and O–H groups in total. The summed E-state index contributed by atoms with van der Waals surface area (Å²) in [7, 11) is 5.52. The van der Waals surface area contributed by atoms with Crippen LogP contribution >= 0.6 is 0 Å². The van der Waals surface area contributed by atoms with Crippen LogP contribution in [0.4, 0.5) is 0 Å². The Balaban J connectivity index is 2.39. The van der Waals surface area contributed by atoms with Crippen LogP contribution in [0.1, 0.15) is 6.92 Å². The molecule has 1 aromatic rings. The first-order valence-electron chi connectivity index (χ1n) is 3.72. The molecule has 0 fully saturated rings. The van der Waals surface area contributed by atoms with Crippen LogP contribution < -0.4 is 4.74 Å². The van der Waals surface area contributed by atoms with E-state index >= 15 is 0 Å². The van der Waals surface area contributed by atoms with Crippen molar-refractivity contribution in [2.24, 2.45) is 0 Å². The van der Waals surface area contributed by atoms with Crippen LogP contribution in [0.3, 0.4) is 0 Å². The summed E-state index contributed by atoms with van der Waals surface area (Å²) in [5.41, 5.74) is 0. The number of hydrogen-bond donors (Lipinski definition) is 0. The summed E-state index contributed by atoms with van der Waals surface area (Å²) >= 11 is 0. The number of ether oxygens (including phenoxy) is 1. The molecule has 0 bridgehead atoms. The van der Waals surface area contributed by atoms with Crippen molar-refractivity contribution in [2.75, 3.05) is 6.61 Å². The largest absolute Gasteiger partial charge is 0.494 e. The van der Waals surface area contributed by atoms with E-state index in [1.165, 1.54) is 0 Å². The van der Waals surface area contributed by atoms with Gasteiger partial charge < -0.3 is 4.74 Å². The van der Waals surface area contributed by atoms with E-state index in [0.29, 0.717) is 6.61 Å². The van der Waals surface area contributed by atoms with Crippen molar-refractivity contribution in [1.82, 2.24) is 0 Å². The van der Waals surface area contributed by atoms with Gasteiger partial charge in [-0.2, -0.15) is 0 Å². The molecule has 0 aromatic heterocycles. The minimum absolute atomic E-state index is 0.0928. The third kappa shape index (κ3) is 3.12. The van der Waals surface area contributed by atoms with Crippen molar-refractivity contribution in [1.29, 1.82) is 0 Å². The van der Waals surface area contributed by atoms with Gasteiger partial charge in [-0.3, -0.25) is 0 Å². The Labute approximate surface area is 68.8 Å². The third-order valence-electron chi connectivity index (χ3n) is 1.26. The third-order valence-corrected chi connectivity index (χ3v) is 1.26. The van der Waals surface area contributed by atoms with Gasteiger partial charge in [-0.15, -0.1) is 0 Å². The minimum atomic E-state index is 0.0928. The summed E-state index contributed by atoms with van der Waals surface area (Å²) in [6.45, 7) is 2.49. The number of rotatable bonds is 3. The van der Waals surface area contributed by atoms with Crippen molar-refractivity contribution in [2.45, 2.75) is 12.7 Å². The summed E-state index contributed by atoms with van der Waals surface area (Å²) in [4.78, 5) is 0. The van der Waals surface area contributed by atoms with Gasteiger partial charge in [-0.25, -0.2) is 0 Å². The number of hydrogen-bond acceptors (Lipinski definition) is 1. The summed E-state index contributed by atoms with van der Waals surface area (Å²) in [6, 6.07) is 9.68. The molecule has 1 unspecified atom stereocenters. The van der Waals surface area contributed by atoms with Crippen LogP contribution in [-0.4, -0.2) is 14.5 Å². The van der Waals surface area contributed by atoms with E-state index in [1.807, 2.05) is 37.3 Å². The van der Waals surface area contributed by atoms with Crippen LogP contribution in [0.2, 0.25) is 5.82 Å². The van der Waals surface area contributed by atoms with E-state index < -0.39 is 0 Å². The fraction of sp³-hybridized carbons (Fsp3) is 0.333. The molecule has 0 saturated heterocycles. The highest BCUT2D eigenvalue weighted by atomic mass is 16.5. The lowest BCUT2D eigenvalue weighted by molar-refractivity contribution is 0.318. The predicted octanol–water partition coefficient (Wildman–Crippen LogP) is 2.04.